The number of nitrogens with one attached hydrogen (secondary N) is 1. The lowest BCUT2D eigenvalue weighted by Gasteiger charge is -2.17. The number of likely N-dealkylation sites (N-methyl/N-ethyl adjacent to an activating group) is 1. The fourth-order valence-electron chi connectivity index (χ4n) is 2.40. The molecule has 4 heteroatoms. The van der Waals surface area contributed by atoms with Crippen LogP contribution >= 0.6 is 0 Å². The van der Waals surface area contributed by atoms with Crippen molar-refractivity contribution in [3.8, 4) is 11.5 Å². The van der Waals surface area contributed by atoms with Gasteiger partial charge in [-0.05, 0) is 49.7 Å². The second-order valence-corrected chi connectivity index (χ2v) is 4.95. The van der Waals surface area contributed by atoms with Crippen LogP contribution in [0.5, 0.6) is 11.5 Å². The SMILES string of the molecule is CCNC(Cc1ccc(OC)c(OC)c1)c1ccc(C)o1. The molecule has 21 heavy (non-hydrogen) atoms. The van der Waals surface area contributed by atoms with Crippen LogP contribution in [0.15, 0.2) is 34.7 Å². The minimum Gasteiger partial charge on any atom is -0.493 e. The monoisotopic (exact) mass is 289 g/mol. The molecule has 1 heterocycles. The maximum absolute atomic E-state index is 5.75. The van der Waals surface area contributed by atoms with E-state index in [1.165, 1.54) is 5.56 Å². The summed E-state index contributed by atoms with van der Waals surface area (Å²) in [4.78, 5) is 0. The largest absolute Gasteiger partial charge is 0.493 e. The van der Waals surface area contributed by atoms with E-state index in [9.17, 15) is 0 Å². The summed E-state index contributed by atoms with van der Waals surface area (Å²) in [6.45, 7) is 4.94. The zero-order valence-electron chi connectivity index (χ0n) is 13.1. The highest BCUT2D eigenvalue weighted by Gasteiger charge is 2.16. The average Bonchev–Trinajstić information content (AvgIpc) is 2.93. The van der Waals surface area contributed by atoms with Crippen LogP contribution in [-0.4, -0.2) is 20.8 Å². The van der Waals surface area contributed by atoms with Crippen LogP contribution in [-0.2, 0) is 6.42 Å². The van der Waals surface area contributed by atoms with Gasteiger partial charge < -0.3 is 19.2 Å². The molecular formula is C17H23NO3. The number of methoxy groups -OCH3 is 2. The van der Waals surface area contributed by atoms with Crippen molar-refractivity contribution in [2.75, 3.05) is 20.8 Å². The van der Waals surface area contributed by atoms with Crippen LogP contribution in [0.25, 0.3) is 0 Å². The van der Waals surface area contributed by atoms with Gasteiger partial charge in [0.25, 0.3) is 0 Å². The van der Waals surface area contributed by atoms with E-state index in [-0.39, 0.29) is 6.04 Å². The van der Waals surface area contributed by atoms with E-state index in [1.54, 1.807) is 14.2 Å². The molecule has 0 bridgehead atoms. The molecule has 1 aromatic carbocycles. The maximum Gasteiger partial charge on any atom is 0.160 e. The Hall–Kier alpha value is -1.94. The summed E-state index contributed by atoms with van der Waals surface area (Å²) < 4.78 is 16.4. The molecule has 4 nitrogen and oxygen atoms in total. The fourth-order valence-corrected chi connectivity index (χ4v) is 2.40. The molecule has 1 atom stereocenters. The third-order valence-electron chi connectivity index (χ3n) is 3.44. The number of hydrogen-bond acceptors (Lipinski definition) is 4. The lowest BCUT2D eigenvalue weighted by Crippen LogP contribution is -2.22. The van der Waals surface area contributed by atoms with Crippen molar-refractivity contribution < 1.29 is 13.9 Å². The Labute approximate surface area is 126 Å². The summed E-state index contributed by atoms with van der Waals surface area (Å²) >= 11 is 0. The maximum atomic E-state index is 5.75. The predicted octanol–water partition coefficient (Wildman–Crippen LogP) is 3.50. The molecule has 0 fully saturated rings. The smallest absolute Gasteiger partial charge is 0.160 e. The van der Waals surface area contributed by atoms with Crippen molar-refractivity contribution in [3.63, 3.8) is 0 Å². The van der Waals surface area contributed by atoms with Crippen molar-refractivity contribution in [2.45, 2.75) is 26.3 Å². The lowest BCUT2D eigenvalue weighted by atomic mass is 10.0. The molecule has 0 spiro atoms. The highest BCUT2D eigenvalue weighted by molar-refractivity contribution is 5.43. The fraction of sp³-hybridized carbons (Fsp3) is 0.412. The molecule has 0 amide bonds. The first kappa shape index (κ1) is 15.4. The zero-order chi connectivity index (χ0) is 15.2. The second-order valence-electron chi connectivity index (χ2n) is 4.95. The minimum absolute atomic E-state index is 0.154. The molecule has 0 radical (unpaired) electrons. The number of benzene rings is 1. The molecule has 2 rings (SSSR count). The predicted molar refractivity (Wildman–Crippen MR) is 83.1 cm³/mol. The van der Waals surface area contributed by atoms with E-state index in [4.69, 9.17) is 13.9 Å². The highest BCUT2D eigenvalue weighted by Crippen LogP contribution is 2.29. The number of ether oxygens (including phenoxy) is 2. The second kappa shape index (κ2) is 7.18. The topological polar surface area (TPSA) is 43.6 Å². The summed E-state index contributed by atoms with van der Waals surface area (Å²) in [5.41, 5.74) is 1.17. The summed E-state index contributed by atoms with van der Waals surface area (Å²) in [6.07, 6.45) is 0.834. The Balaban J connectivity index is 2.20. The van der Waals surface area contributed by atoms with Gasteiger partial charge in [0, 0.05) is 0 Å². The van der Waals surface area contributed by atoms with Gasteiger partial charge in [0.05, 0.1) is 20.3 Å². The molecule has 1 aromatic heterocycles. The molecule has 2 aromatic rings. The number of hydrogen-bond donors (Lipinski definition) is 1. The van der Waals surface area contributed by atoms with Crippen molar-refractivity contribution in [1.29, 1.82) is 0 Å². The van der Waals surface area contributed by atoms with E-state index in [0.29, 0.717) is 0 Å². The summed E-state index contributed by atoms with van der Waals surface area (Å²) in [5, 5.41) is 3.46. The zero-order valence-corrected chi connectivity index (χ0v) is 13.1. The molecule has 0 saturated heterocycles. The average molecular weight is 289 g/mol. The van der Waals surface area contributed by atoms with Gasteiger partial charge in [0.2, 0.25) is 0 Å². The van der Waals surface area contributed by atoms with Gasteiger partial charge in [-0.15, -0.1) is 0 Å². The van der Waals surface area contributed by atoms with E-state index in [2.05, 4.69) is 18.3 Å². The van der Waals surface area contributed by atoms with Crippen LogP contribution < -0.4 is 14.8 Å². The third-order valence-corrected chi connectivity index (χ3v) is 3.44. The van der Waals surface area contributed by atoms with Crippen molar-refractivity contribution in [3.05, 3.63) is 47.4 Å². The van der Waals surface area contributed by atoms with Crippen LogP contribution in [0, 0.1) is 6.92 Å². The third kappa shape index (κ3) is 3.79. The van der Waals surface area contributed by atoms with E-state index in [0.717, 1.165) is 36.0 Å². The summed E-state index contributed by atoms with van der Waals surface area (Å²) in [5.74, 6) is 3.39. The molecule has 0 aliphatic carbocycles. The normalized spacial score (nSPS) is 12.2. The van der Waals surface area contributed by atoms with Gasteiger partial charge >= 0.3 is 0 Å². The van der Waals surface area contributed by atoms with E-state index >= 15 is 0 Å². The molecule has 0 aliphatic heterocycles. The van der Waals surface area contributed by atoms with Gasteiger partial charge in [-0.25, -0.2) is 0 Å². The van der Waals surface area contributed by atoms with Gasteiger partial charge in [-0.1, -0.05) is 13.0 Å². The summed E-state index contributed by atoms with van der Waals surface area (Å²) in [6, 6.07) is 10.2. The Bertz CT molecular complexity index is 577. The Morgan fingerprint density at radius 3 is 2.43 bits per heavy atom. The van der Waals surface area contributed by atoms with Gasteiger partial charge in [0.1, 0.15) is 11.5 Å². The highest BCUT2D eigenvalue weighted by atomic mass is 16.5. The standard InChI is InChI=1S/C17H23NO3/c1-5-18-14(15-8-6-12(2)21-15)10-13-7-9-16(19-3)17(11-13)20-4/h6-9,11,14,18H,5,10H2,1-4H3. The van der Waals surface area contributed by atoms with Crippen molar-refractivity contribution in [2.24, 2.45) is 0 Å². The van der Waals surface area contributed by atoms with Crippen LogP contribution in [0.2, 0.25) is 0 Å². The molecule has 1 N–H and O–H groups in total. The molecular weight excluding hydrogens is 266 g/mol. The molecule has 1 unspecified atom stereocenters. The Kier molecular flexibility index (Phi) is 5.28. The van der Waals surface area contributed by atoms with Crippen molar-refractivity contribution in [1.82, 2.24) is 5.32 Å². The summed E-state index contributed by atoms with van der Waals surface area (Å²) in [7, 11) is 3.30. The van der Waals surface area contributed by atoms with Crippen LogP contribution in [0.1, 0.15) is 30.0 Å². The first-order valence-electron chi connectivity index (χ1n) is 7.18. The van der Waals surface area contributed by atoms with E-state index in [1.807, 2.05) is 31.2 Å². The van der Waals surface area contributed by atoms with E-state index < -0.39 is 0 Å². The van der Waals surface area contributed by atoms with Gasteiger partial charge in [-0.3, -0.25) is 0 Å². The quantitative estimate of drug-likeness (QED) is 0.847. The van der Waals surface area contributed by atoms with Gasteiger partial charge in [-0.2, -0.15) is 0 Å². The number of furan rings is 1. The number of rotatable bonds is 7. The Morgan fingerprint density at radius 2 is 1.86 bits per heavy atom. The minimum atomic E-state index is 0.154. The first-order valence-corrected chi connectivity index (χ1v) is 7.18. The van der Waals surface area contributed by atoms with Gasteiger partial charge in [0.15, 0.2) is 11.5 Å². The number of aryl methyl sites for hydroxylation is 1. The van der Waals surface area contributed by atoms with Crippen molar-refractivity contribution >= 4 is 0 Å². The Morgan fingerprint density at radius 1 is 1.10 bits per heavy atom. The van der Waals surface area contributed by atoms with Crippen LogP contribution in [0.4, 0.5) is 0 Å². The lowest BCUT2D eigenvalue weighted by molar-refractivity contribution is 0.354. The molecule has 0 saturated carbocycles. The molecule has 114 valence electrons. The van der Waals surface area contributed by atoms with Crippen LogP contribution in [0.3, 0.4) is 0 Å². The first-order chi connectivity index (χ1) is 10.2. The molecule has 0 aliphatic rings.